The van der Waals surface area contributed by atoms with Crippen LogP contribution in [0.4, 0.5) is 5.69 Å². The highest BCUT2D eigenvalue weighted by molar-refractivity contribution is 8.00. The Morgan fingerprint density at radius 3 is 2.67 bits per heavy atom. The van der Waals surface area contributed by atoms with Gasteiger partial charge in [-0.2, -0.15) is 0 Å². The average Bonchev–Trinajstić information content (AvgIpc) is 2.85. The zero-order valence-electron chi connectivity index (χ0n) is 11.6. The van der Waals surface area contributed by atoms with Crippen molar-refractivity contribution >= 4 is 27.5 Å². The molecule has 21 heavy (non-hydrogen) atoms. The lowest BCUT2D eigenvalue weighted by Gasteiger charge is -2.05. The second-order valence-electron chi connectivity index (χ2n) is 4.49. The van der Waals surface area contributed by atoms with Gasteiger partial charge in [-0.15, -0.1) is 11.8 Å². The van der Waals surface area contributed by atoms with E-state index in [4.69, 9.17) is 10.3 Å². The maximum Gasteiger partial charge on any atom is 0.212 e. The molecule has 0 aliphatic carbocycles. The molecule has 0 aliphatic heterocycles. The number of hydrogen-bond acceptors (Lipinski definition) is 6. The van der Waals surface area contributed by atoms with Crippen molar-refractivity contribution in [3.05, 3.63) is 41.8 Å². The van der Waals surface area contributed by atoms with Gasteiger partial charge >= 0.3 is 0 Å². The Labute approximate surface area is 128 Å². The molecule has 0 aliphatic rings. The predicted molar refractivity (Wildman–Crippen MR) is 83.4 cm³/mol. The topological polar surface area (TPSA) is 98.2 Å². The van der Waals surface area contributed by atoms with Crippen LogP contribution in [0.15, 0.2) is 39.8 Å². The van der Waals surface area contributed by atoms with Gasteiger partial charge in [-0.25, -0.2) is 13.1 Å². The van der Waals surface area contributed by atoms with Gasteiger partial charge in [0, 0.05) is 22.4 Å². The monoisotopic (exact) mass is 327 g/mol. The van der Waals surface area contributed by atoms with Crippen LogP contribution in [0.5, 0.6) is 0 Å². The van der Waals surface area contributed by atoms with Gasteiger partial charge in [-0.1, -0.05) is 5.16 Å². The first-order chi connectivity index (χ1) is 9.94. The largest absolute Gasteiger partial charge is 0.399 e. The number of rotatable bonds is 7. The lowest BCUT2D eigenvalue weighted by molar-refractivity contribution is 0.390. The molecule has 0 radical (unpaired) electrons. The van der Waals surface area contributed by atoms with Crippen molar-refractivity contribution in [1.82, 2.24) is 9.88 Å². The first-order valence-electron chi connectivity index (χ1n) is 6.32. The minimum atomic E-state index is -3.33. The molecule has 0 bridgehead atoms. The minimum absolute atomic E-state index is 0.0406. The van der Waals surface area contributed by atoms with Gasteiger partial charge in [0.05, 0.1) is 18.0 Å². The van der Waals surface area contributed by atoms with E-state index < -0.39 is 10.0 Å². The van der Waals surface area contributed by atoms with Crippen LogP contribution >= 0.6 is 11.8 Å². The fourth-order valence-electron chi connectivity index (χ4n) is 1.59. The third-order valence-corrected chi connectivity index (χ3v) is 5.25. The lowest BCUT2D eigenvalue weighted by atomic mass is 10.3. The van der Waals surface area contributed by atoms with Crippen molar-refractivity contribution in [1.29, 1.82) is 0 Å². The Morgan fingerprint density at radius 2 is 2.05 bits per heavy atom. The molecule has 2 aromatic rings. The molecule has 3 N–H and O–H groups in total. The molecule has 1 aromatic heterocycles. The van der Waals surface area contributed by atoms with E-state index in [9.17, 15) is 8.42 Å². The van der Waals surface area contributed by atoms with E-state index in [1.807, 2.05) is 12.1 Å². The van der Waals surface area contributed by atoms with Gasteiger partial charge in [0.2, 0.25) is 10.0 Å². The number of nitrogens with zero attached hydrogens (tertiary/aromatic N) is 1. The maximum absolute atomic E-state index is 11.9. The van der Waals surface area contributed by atoms with Crippen LogP contribution in [0.2, 0.25) is 0 Å². The summed E-state index contributed by atoms with van der Waals surface area (Å²) < 4.78 is 31.1. The highest BCUT2D eigenvalue weighted by Gasteiger charge is 2.11. The Kier molecular flexibility index (Phi) is 5.27. The van der Waals surface area contributed by atoms with Gasteiger partial charge in [-0.3, -0.25) is 0 Å². The second-order valence-corrected chi connectivity index (χ2v) is 7.58. The fraction of sp³-hybridized carbons (Fsp3) is 0.308. The van der Waals surface area contributed by atoms with Crippen molar-refractivity contribution in [3.8, 4) is 0 Å². The molecule has 0 amide bonds. The van der Waals surface area contributed by atoms with Crippen LogP contribution in [0.3, 0.4) is 0 Å². The van der Waals surface area contributed by atoms with Gasteiger partial charge in [0.15, 0.2) is 0 Å². The average molecular weight is 327 g/mol. The number of anilines is 1. The van der Waals surface area contributed by atoms with Crippen molar-refractivity contribution in [3.63, 3.8) is 0 Å². The van der Waals surface area contributed by atoms with Crippen LogP contribution in [-0.2, 0) is 16.6 Å². The van der Waals surface area contributed by atoms with Crippen LogP contribution in [0.25, 0.3) is 0 Å². The molecule has 8 heteroatoms. The summed E-state index contributed by atoms with van der Waals surface area (Å²) in [6.07, 6.45) is 0. The SMILES string of the molecule is Cc1cc(CNS(=O)(=O)CCSc2ccc(N)cc2)no1. The van der Waals surface area contributed by atoms with E-state index in [-0.39, 0.29) is 12.3 Å². The standard InChI is InChI=1S/C13H17N3O3S2/c1-10-8-12(16-19-10)9-15-21(17,18)7-6-20-13-4-2-11(14)3-5-13/h2-5,8,15H,6-7,9,14H2,1H3. The minimum Gasteiger partial charge on any atom is -0.399 e. The summed E-state index contributed by atoms with van der Waals surface area (Å²) in [5, 5.41) is 3.74. The number of sulfonamides is 1. The lowest BCUT2D eigenvalue weighted by Crippen LogP contribution is -2.27. The predicted octanol–water partition coefficient (Wildman–Crippen LogP) is 1.78. The van der Waals surface area contributed by atoms with Crippen molar-refractivity contribution in [2.24, 2.45) is 0 Å². The summed E-state index contributed by atoms with van der Waals surface area (Å²) in [5.41, 5.74) is 6.86. The summed E-state index contributed by atoms with van der Waals surface area (Å²) in [6, 6.07) is 9.03. The summed E-state index contributed by atoms with van der Waals surface area (Å²) in [4.78, 5) is 0.992. The van der Waals surface area contributed by atoms with Gasteiger partial charge in [0.1, 0.15) is 5.76 Å². The number of nitrogens with one attached hydrogen (secondary N) is 1. The summed E-state index contributed by atoms with van der Waals surface area (Å²) in [7, 11) is -3.33. The third-order valence-electron chi connectivity index (χ3n) is 2.65. The maximum atomic E-state index is 11.9. The zero-order valence-corrected chi connectivity index (χ0v) is 13.2. The molecule has 0 saturated heterocycles. The molecular weight excluding hydrogens is 310 g/mol. The number of benzene rings is 1. The Morgan fingerprint density at radius 1 is 1.33 bits per heavy atom. The Balaban J connectivity index is 1.77. The normalized spacial score (nSPS) is 11.7. The highest BCUT2D eigenvalue weighted by atomic mass is 32.2. The van der Waals surface area contributed by atoms with Gasteiger partial charge in [0.25, 0.3) is 0 Å². The van der Waals surface area contributed by atoms with E-state index in [1.54, 1.807) is 25.1 Å². The Bertz CT molecular complexity index is 681. The number of thioether (sulfide) groups is 1. The number of nitrogen functional groups attached to an aromatic ring is 1. The van der Waals surface area contributed by atoms with E-state index >= 15 is 0 Å². The summed E-state index contributed by atoms with van der Waals surface area (Å²) >= 11 is 1.47. The van der Waals surface area contributed by atoms with Gasteiger partial charge in [-0.05, 0) is 31.2 Å². The molecule has 1 aromatic carbocycles. The molecule has 6 nitrogen and oxygen atoms in total. The Hall–Kier alpha value is -1.51. The van der Waals surface area contributed by atoms with E-state index in [2.05, 4.69) is 9.88 Å². The molecule has 0 unspecified atom stereocenters. The highest BCUT2D eigenvalue weighted by Crippen LogP contribution is 2.19. The summed E-state index contributed by atoms with van der Waals surface area (Å²) in [6.45, 7) is 1.90. The number of hydrogen-bond donors (Lipinski definition) is 2. The first kappa shape index (κ1) is 15.9. The third kappa shape index (κ3) is 5.41. The van der Waals surface area contributed by atoms with Crippen molar-refractivity contribution in [2.45, 2.75) is 18.4 Å². The molecule has 114 valence electrons. The smallest absolute Gasteiger partial charge is 0.212 e. The van der Waals surface area contributed by atoms with Crippen LogP contribution in [-0.4, -0.2) is 25.1 Å². The molecule has 0 spiro atoms. The molecule has 0 saturated carbocycles. The van der Waals surface area contributed by atoms with Crippen molar-refractivity contribution in [2.75, 3.05) is 17.2 Å². The number of aryl methyl sites for hydroxylation is 1. The molecule has 0 atom stereocenters. The number of nitrogens with two attached hydrogens (primary N) is 1. The van der Waals surface area contributed by atoms with Crippen LogP contribution in [0, 0.1) is 6.92 Å². The number of aromatic nitrogens is 1. The van der Waals surface area contributed by atoms with Crippen LogP contribution in [0.1, 0.15) is 11.5 Å². The first-order valence-corrected chi connectivity index (χ1v) is 8.96. The van der Waals surface area contributed by atoms with Crippen LogP contribution < -0.4 is 10.5 Å². The fourth-order valence-corrected chi connectivity index (χ4v) is 3.88. The van der Waals surface area contributed by atoms with E-state index in [0.29, 0.717) is 22.9 Å². The molecule has 2 rings (SSSR count). The van der Waals surface area contributed by atoms with E-state index in [0.717, 1.165) is 4.90 Å². The van der Waals surface area contributed by atoms with Crippen molar-refractivity contribution < 1.29 is 12.9 Å². The van der Waals surface area contributed by atoms with Gasteiger partial charge < -0.3 is 10.3 Å². The zero-order chi connectivity index (χ0) is 15.3. The molecule has 0 fully saturated rings. The molecule has 1 heterocycles. The second kappa shape index (κ2) is 6.97. The summed E-state index contributed by atoms with van der Waals surface area (Å²) in [5.74, 6) is 1.17. The van der Waals surface area contributed by atoms with E-state index in [1.165, 1.54) is 11.8 Å². The molecular formula is C13H17N3O3S2. The quantitative estimate of drug-likeness (QED) is 0.594.